The highest BCUT2D eigenvalue weighted by molar-refractivity contribution is 8.01. The summed E-state index contributed by atoms with van der Waals surface area (Å²) in [5, 5.41) is 3.47. The molecule has 35 heavy (non-hydrogen) atoms. The van der Waals surface area contributed by atoms with Crippen molar-refractivity contribution in [2.24, 2.45) is 5.92 Å². The van der Waals surface area contributed by atoms with Crippen molar-refractivity contribution in [2.45, 2.75) is 48.3 Å². The average molecular weight is 515 g/mol. The molecule has 0 radical (unpaired) electrons. The fraction of sp³-hybridized carbons (Fsp3) is 0.440. The topological polar surface area (TPSA) is 91.8 Å². The van der Waals surface area contributed by atoms with Crippen molar-refractivity contribution in [1.82, 2.24) is 14.8 Å². The summed E-state index contributed by atoms with van der Waals surface area (Å²) in [4.78, 5) is 46.6. The number of thiazole rings is 1. The molecule has 186 valence electrons. The zero-order valence-electron chi connectivity index (χ0n) is 20.2. The maximum absolute atomic E-state index is 13.6. The molecule has 2 fully saturated rings. The summed E-state index contributed by atoms with van der Waals surface area (Å²) in [7, 11) is 1.56. The van der Waals surface area contributed by atoms with Crippen LogP contribution in [0.4, 0.5) is 5.13 Å². The molecule has 10 heteroatoms. The number of ether oxygens (including phenoxy) is 1. The molecule has 1 aliphatic heterocycles. The first kappa shape index (κ1) is 25.2. The summed E-state index contributed by atoms with van der Waals surface area (Å²) in [6, 6.07) is 3.63. The smallest absolute Gasteiger partial charge is 0.257 e. The Morgan fingerprint density at radius 3 is 2.74 bits per heavy atom. The normalized spacial score (nSPS) is 18.1. The van der Waals surface area contributed by atoms with Crippen molar-refractivity contribution in [3.05, 3.63) is 42.1 Å². The second-order valence-electron chi connectivity index (χ2n) is 8.86. The van der Waals surface area contributed by atoms with Gasteiger partial charge in [0.1, 0.15) is 5.75 Å². The van der Waals surface area contributed by atoms with Gasteiger partial charge in [-0.3, -0.25) is 14.4 Å². The van der Waals surface area contributed by atoms with Crippen molar-refractivity contribution in [2.75, 3.05) is 32.1 Å². The lowest BCUT2D eigenvalue weighted by atomic mass is 10.1. The molecule has 1 aromatic carbocycles. The van der Waals surface area contributed by atoms with Crippen molar-refractivity contribution in [3.8, 4) is 5.75 Å². The average Bonchev–Trinajstić information content (AvgIpc) is 3.64. The number of rotatable bonds is 7. The summed E-state index contributed by atoms with van der Waals surface area (Å²) in [5.41, 5.74) is 1.47. The number of amides is 3. The predicted octanol–water partition coefficient (Wildman–Crippen LogP) is 4.21. The molecular formula is C25H30N4O4S2. The highest BCUT2D eigenvalue weighted by Gasteiger charge is 2.31. The Balaban J connectivity index is 1.52. The molecular weight excluding hydrogens is 484 g/mol. The van der Waals surface area contributed by atoms with Crippen LogP contribution in [0.5, 0.6) is 5.75 Å². The first-order valence-electron chi connectivity index (χ1n) is 11.7. The Kier molecular flexibility index (Phi) is 7.81. The number of hydrogen-bond donors (Lipinski definition) is 1. The lowest BCUT2D eigenvalue weighted by molar-refractivity contribution is -0.127. The van der Waals surface area contributed by atoms with Crippen LogP contribution in [0.15, 0.2) is 40.1 Å². The van der Waals surface area contributed by atoms with E-state index in [-0.39, 0.29) is 29.7 Å². The number of nitrogens with zero attached hydrogens (tertiary/aromatic N) is 3. The second kappa shape index (κ2) is 10.8. The molecule has 0 spiro atoms. The van der Waals surface area contributed by atoms with Gasteiger partial charge in [0.2, 0.25) is 11.8 Å². The van der Waals surface area contributed by atoms with E-state index in [4.69, 9.17) is 4.74 Å². The Labute approximate surface area is 213 Å². The molecule has 2 aromatic rings. The zero-order chi connectivity index (χ0) is 25.1. The lowest BCUT2D eigenvalue weighted by Gasteiger charge is -2.28. The summed E-state index contributed by atoms with van der Waals surface area (Å²) in [6.45, 7) is 9.10. The van der Waals surface area contributed by atoms with E-state index >= 15 is 0 Å². The van der Waals surface area contributed by atoms with Crippen molar-refractivity contribution in [1.29, 1.82) is 0 Å². The van der Waals surface area contributed by atoms with Gasteiger partial charge in [0, 0.05) is 36.5 Å². The predicted molar refractivity (Wildman–Crippen MR) is 137 cm³/mol. The fourth-order valence-electron chi connectivity index (χ4n) is 4.09. The molecule has 0 unspecified atom stereocenters. The largest absolute Gasteiger partial charge is 0.496 e. The summed E-state index contributed by atoms with van der Waals surface area (Å²) < 4.78 is 6.48. The molecule has 2 heterocycles. The van der Waals surface area contributed by atoms with Gasteiger partial charge >= 0.3 is 0 Å². The van der Waals surface area contributed by atoms with Gasteiger partial charge in [-0.2, -0.15) is 0 Å². The van der Waals surface area contributed by atoms with E-state index < -0.39 is 0 Å². The first-order chi connectivity index (χ1) is 16.8. The highest BCUT2D eigenvalue weighted by atomic mass is 32.2. The number of nitrogens with one attached hydrogen (secondary N) is 1. The molecule has 8 nitrogen and oxygen atoms in total. The number of anilines is 1. The lowest BCUT2D eigenvalue weighted by Crippen LogP contribution is -2.43. The molecule has 1 aliphatic carbocycles. The van der Waals surface area contributed by atoms with Gasteiger partial charge in [0.05, 0.1) is 23.1 Å². The fourth-order valence-corrected chi connectivity index (χ4v) is 6.04. The number of carbonyl (C=O) groups excluding carboxylic acids is 3. The van der Waals surface area contributed by atoms with E-state index in [2.05, 4.69) is 16.9 Å². The number of hydrogen-bond acceptors (Lipinski definition) is 7. The Bertz CT molecular complexity index is 1140. The van der Waals surface area contributed by atoms with Crippen LogP contribution in [0.25, 0.3) is 0 Å². The van der Waals surface area contributed by atoms with Gasteiger partial charge in [0.25, 0.3) is 5.91 Å². The Morgan fingerprint density at radius 1 is 1.29 bits per heavy atom. The van der Waals surface area contributed by atoms with Crippen LogP contribution in [0.3, 0.4) is 0 Å². The molecule has 0 bridgehead atoms. The van der Waals surface area contributed by atoms with Gasteiger partial charge in [-0.05, 0) is 56.9 Å². The molecule has 1 atom stereocenters. The minimum atomic E-state index is -0.120. The first-order valence-corrected chi connectivity index (χ1v) is 13.3. The van der Waals surface area contributed by atoms with E-state index in [1.54, 1.807) is 23.1 Å². The summed E-state index contributed by atoms with van der Waals surface area (Å²) in [5.74, 6) is 0.441. The van der Waals surface area contributed by atoms with E-state index in [0.717, 1.165) is 27.5 Å². The molecule has 2 aliphatic rings. The van der Waals surface area contributed by atoms with Crippen LogP contribution >= 0.6 is 23.1 Å². The number of benzene rings is 1. The quantitative estimate of drug-likeness (QED) is 0.557. The van der Waals surface area contributed by atoms with Crippen LogP contribution in [0, 0.1) is 12.8 Å². The van der Waals surface area contributed by atoms with Crippen LogP contribution < -0.4 is 10.1 Å². The van der Waals surface area contributed by atoms with E-state index in [9.17, 15) is 14.4 Å². The SMILES string of the molecule is C=CC(=O)N1CCCN(C(=O)c2cc(Sc3cnc(NC(=O)C4CC4)s3)c(C)cc2OC)C[C@H]1C. The third kappa shape index (κ3) is 5.87. The van der Waals surface area contributed by atoms with E-state index in [1.165, 1.54) is 29.2 Å². The Morgan fingerprint density at radius 2 is 2.06 bits per heavy atom. The van der Waals surface area contributed by atoms with Crippen LogP contribution in [-0.4, -0.2) is 65.3 Å². The molecule has 1 saturated carbocycles. The number of carbonyl (C=O) groups is 3. The van der Waals surface area contributed by atoms with Gasteiger partial charge in [-0.15, -0.1) is 0 Å². The number of aryl methyl sites for hydroxylation is 1. The Hall–Kier alpha value is -2.85. The summed E-state index contributed by atoms with van der Waals surface area (Å²) in [6.07, 6.45) is 5.65. The minimum Gasteiger partial charge on any atom is -0.496 e. The summed E-state index contributed by atoms with van der Waals surface area (Å²) >= 11 is 2.93. The molecule has 1 N–H and O–H groups in total. The molecule has 4 rings (SSSR count). The monoisotopic (exact) mass is 514 g/mol. The van der Waals surface area contributed by atoms with E-state index in [0.29, 0.717) is 42.5 Å². The molecule has 1 saturated heterocycles. The van der Waals surface area contributed by atoms with Gasteiger partial charge in [0.15, 0.2) is 5.13 Å². The van der Waals surface area contributed by atoms with Crippen molar-refractivity contribution < 1.29 is 19.1 Å². The maximum Gasteiger partial charge on any atom is 0.257 e. The second-order valence-corrected chi connectivity index (χ2v) is 11.2. The van der Waals surface area contributed by atoms with Gasteiger partial charge in [-0.1, -0.05) is 29.7 Å². The van der Waals surface area contributed by atoms with Crippen LogP contribution in [0.1, 0.15) is 42.1 Å². The van der Waals surface area contributed by atoms with E-state index in [1.807, 2.05) is 26.0 Å². The minimum absolute atomic E-state index is 0.0319. The van der Waals surface area contributed by atoms with Gasteiger partial charge in [-0.25, -0.2) is 4.98 Å². The zero-order valence-corrected chi connectivity index (χ0v) is 21.8. The standard InChI is InChI=1S/C25H30N4O4S2/c1-5-21(30)29-10-6-9-28(14-16(29)3)24(32)18-12-20(15(2)11-19(18)33-4)34-22-13-26-25(35-22)27-23(31)17-7-8-17/h5,11-13,16-17H,1,6-10,14H2,2-4H3,(H,26,27,31)/t16-/m1/s1. The number of aromatic nitrogens is 1. The maximum atomic E-state index is 13.6. The third-order valence-electron chi connectivity index (χ3n) is 6.19. The third-order valence-corrected chi connectivity index (χ3v) is 8.36. The molecule has 1 aromatic heterocycles. The molecule has 3 amide bonds. The van der Waals surface area contributed by atoms with Crippen LogP contribution in [-0.2, 0) is 9.59 Å². The van der Waals surface area contributed by atoms with Gasteiger partial charge < -0.3 is 19.9 Å². The highest BCUT2D eigenvalue weighted by Crippen LogP contribution is 2.39. The van der Waals surface area contributed by atoms with Crippen LogP contribution in [0.2, 0.25) is 0 Å². The van der Waals surface area contributed by atoms with Crippen molar-refractivity contribution in [3.63, 3.8) is 0 Å². The number of methoxy groups -OCH3 is 1. The van der Waals surface area contributed by atoms with Crippen molar-refractivity contribution >= 4 is 46.0 Å².